The van der Waals surface area contributed by atoms with Gasteiger partial charge in [-0.15, -0.1) is 0 Å². The SMILES string of the molecule is COCCN1C[C@H](Cc2nc(C)ccc2OC)CC1=O. The summed E-state index contributed by atoms with van der Waals surface area (Å²) in [6.45, 7) is 4.00. The van der Waals surface area contributed by atoms with E-state index in [0.29, 0.717) is 25.5 Å². The Balaban J connectivity index is 2.01. The smallest absolute Gasteiger partial charge is 0.223 e. The summed E-state index contributed by atoms with van der Waals surface area (Å²) in [5, 5.41) is 0. The van der Waals surface area contributed by atoms with E-state index in [4.69, 9.17) is 9.47 Å². The lowest BCUT2D eigenvalue weighted by Gasteiger charge is -2.16. The Morgan fingerprint density at radius 2 is 2.20 bits per heavy atom. The molecule has 0 bridgehead atoms. The number of aryl methyl sites for hydroxylation is 1. The van der Waals surface area contributed by atoms with Gasteiger partial charge < -0.3 is 14.4 Å². The molecule has 0 aliphatic carbocycles. The second-order valence-corrected chi connectivity index (χ2v) is 5.21. The summed E-state index contributed by atoms with van der Waals surface area (Å²) in [5.74, 6) is 1.32. The molecule has 0 saturated carbocycles. The van der Waals surface area contributed by atoms with Gasteiger partial charge in [-0.05, 0) is 31.4 Å². The van der Waals surface area contributed by atoms with Gasteiger partial charge in [0.05, 0.1) is 19.4 Å². The predicted octanol–water partition coefficient (Wildman–Crippen LogP) is 1.44. The van der Waals surface area contributed by atoms with Crippen molar-refractivity contribution in [1.29, 1.82) is 0 Å². The first-order valence-corrected chi connectivity index (χ1v) is 6.91. The van der Waals surface area contributed by atoms with E-state index in [1.165, 1.54) is 0 Å². The fourth-order valence-corrected chi connectivity index (χ4v) is 2.61. The first kappa shape index (κ1) is 14.8. The van der Waals surface area contributed by atoms with Crippen molar-refractivity contribution in [2.45, 2.75) is 19.8 Å². The Morgan fingerprint density at radius 1 is 1.40 bits per heavy atom. The molecule has 2 heterocycles. The summed E-state index contributed by atoms with van der Waals surface area (Å²) in [6.07, 6.45) is 1.36. The molecule has 0 radical (unpaired) electrons. The molecular formula is C15H22N2O3. The molecule has 5 heteroatoms. The monoisotopic (exact) mass is 278 g/mol. The molecule has 20 heavy (non-hydrogen) atoms. The van der Waals surface area contributed by atoms with Gasteiger partial charge in [-0.1, -0.05) is 0 Å². The van der Waals surface area contributed by atoms with Gasteiger partial charge in [0.2, 0.25) is 5.91 Å². The Bertz CT molecular complexity index is 476. The third kappa shape index (κ3) is 3.48. The average Bonchev–Trinajstić information content (AvgIpc) is 2.77. The summed E-state index contributed by atoms with van der Waals surface area (Å²) in [5.41, 5.74) is 1.92. The molecule has 1 aliphatic heterocycles. The summed E-state index contributed by atoms with van der Waals surface area (Å²) < 4.78 is 10.4. The van der Waals surface area contributed by atoms with Crippen molar-refractivity contribution >= 4 is 5.91 Å². The number of aromatic nitrogens is 1. The largest absolute Gasteiger partial charge is 0.495 e. The van der Waals surface area contributed by atoms with Gasteiger partial charge in [0.15, 0.2) is 0 Å². The minimum Gasteiger partial charge on any atom is -0.495 e. The van der Waals surface area contributed by atoms with Crippen LogP contribution in [0.3, 0.4) is 0 Å². The van der Waals surface area contributed by atoms with E-state index in [2.05, 4.69) is 4.98 Å². The van der Waals surface area contributed by atoms with Gasteiger partial charge in [0.1, 0.15) is 5.75 Å². The minimum absolute atomic E-state index is 0.207. The first-order chi connectivity index (χ1) is 9.63. The van der Waals surface area contributed by atoms with Gasteiger partial charge in [0.25, 0.3) is 0 Å². The van der Waals surface area contributed by atoms with Crippen LogP contribution in [0, 0.1) is 12.8 Å². The summed E-state index contributed by atoms with van der Waals surface area (Å²) >= 11 is 0. The maximum atomic E-state index is 11.9. The van der Waals surface area contributed by atoms with E-state index in [-0.39, 0.29) is 5.91 Å². The van der Waals surface area contributed by atoms with Gasteiger partial charge >= 0.3 is 0 Å². The molecule has 5 nitrogen and oxygen atoms in total. The van der Waals surface area contributed by atoms with Crippen LogP contribution in [-0.4, -0.2) is 49.7 Å². The molecular weight excluding hydrogens is 256 g/mol. The lowest BCUT2D eigenvalue weighted by Crippen LogP contribution is -2.29. The number of amides is 1. The standard InChI is InChI=1S/C15H22N2O3/c1-11-4-5-14(20-3)13(16-11)8-12-9-15(18)17(10-12)6-7-19-2/h4-5,12H,6-10H2,1-3H3/t12-/m1/s1. The Labute approximate surface area is 119 Å². The zero-order valence-corrected chi connectivity index (χ0v) is 12.4. The lowest BCUT2D eigenvalue weighted by molar-refractivity contribution is -0.128. The van der Waals surface area contributed by atoms with E-state index >= 15 is 0 Å². The Kier molecular flexibility index (Phi) is 4.95. The van der Waals surface area contributed by atoms with Crippen molar-refractivity contribution in [1.82, 2.24) is 9.88 Å². The van der Waals surface area contributed by atoms with E-state index in [1.807, 2.05) is 24.0 Å². The lowest BCUT2D eigenvalue weighted by atomic mass is 10.0. The highest BCUT2D eigenvalue weighted by atomic mass is 16.5. The molecule has 2 rings (SSSR count). The molecule has 0 unspecified atom stereocenters. The van der Waals surface area contributed by atoms with Crippen LogP contribution in [0.15, 0.2) is 12.1 Å². The summed E-state index contributed by atoms with van der Waals surface area (Å²) in [7, 11) is 3.31. The molecule has 1 fully saturated rings. The zero-order valence-electron chi connectivity index (χ0n) is 12.4. The molecule has 1 aliphatic rings. The highest BCUT2D eigenvalue weighted by Gasteiger charge is 2.30. The van der Waals surface area contributed by atoms with Crippen LogP contribution >= 0.6 is 0 Å². The van der Waals surface area contributed by atoms with Crippen molar-refractivity contribution in [2.75, 3.05) is 33.9 Å². The van der Waals surface area contributed by atoms with E-state index in [1.54, 1.807) is 14.2 Å². The van der Waals surface area contributed by atoms with Gasteiger partial charge in [-0.25, -0.2) is 0 Å². The van der Waals surface area contributed by atoms with E-state index < -0.39 is 0 Å². The third-order valence-electron chi connectivity index (χ3n) is 3.63. The maximum absolute atomic E-state index is 11.9. The Morgan fingerprint density at radius 3 is 2.90 bits per heavy atom. The number of rotatable bonds is 6. The fraction of sp³-hybridized carbons (Fsp3) is 0.600. The number of methoxy groups -OCH3 is 2. The minimum atomic E-state index is 0.207. The summed E-state index contributed by atoms with van der Waals surface area (Å²) in [4.78, 5) is 18.3. The fourth-order valence-electron chi connectivity index (χ4n) is 2.61. The van der Waals surface area contributed by atoms with Crippen LogP contribution in [0.4, 0.5) is 0 Å². The highest BCUT2D eigenvalue weighted by molar-refractivity contribution is 5.78. The van der Waals surface area contributed by atoms with Crippen molar-refractivity contribution < 1.29 is 14.3 Å². The molecule has 1 aromatic heterocycles. The number of ether oxygens (including phenoxy) is 2. The maximum Gasteiger partial charge on any atom is 0.223 e. The van der Waals surface area contributed by atoms with Crippen LogP contribution in [0.5, 0.6) is 5.75 Å². The van der Waals surface area contributed by atoms with Gasteiger partial charge in [-0.3, -0.25) is 9.78 Å². The molecule has 1 amide bonds. The molecule has 1 saturated heterocycles. The van der Waals surface area contributed by atoms with Crippen LogP contribution in [0.25, 0.3) is 0 Å². The topological polar surface area (TPSA) is 51.7 Å². The van der Waals surface area contributed by atoms with Crippen molar-refractivity contribution in [3.8, 4) is 5.75 Å². The van der Waals surface area contributed by atoms with Crippen LogP contribution in [-0.2, 0) is 16.0 Å². The molecule has 110 valence electrons. The number of carbonyl (C=O) groups excluding carboxylic acids is 1. The molecule has 0 aromatic carbocycles. The normalized spacial score (nSPS) is 18.6. The number of hydrogen-bond donors (Lipinski definition) is 0. The zero-order chi connectivity index (χ0) is 14.5. The van der Waals surface area contributed by atoms with Crippen molar-refractivity contribution in [2.24, 2.45) is 5.92 Å². The number of pyridine rings is 1. The van der Waals surface area contributed by atoms with Crippen LogP contribution < -0.4 is 4.74 Å². The molecule has 1 atom stereocenters. The van der Waals surface area contributed by atoms with Crippen molar-refractivity contribution in [3.63, 3.8) is 0 Å². The predicted molar refractivity (Wildman–Crippen MR) is 75.8 cm³/mol. The van der Waals surface area contributed by atoms with Crippen LogP contribution in [0.2, 0.25) is 0 Å². The quantitative estimate of drug-likeness (QED) is 0.790. The second kappa shape index (κ2) is 6.70. The number of likely N-dealkylation sites (tertiary alicyclic amines) is 1. The average molecular weight is 278 g/mol. The van der Waals surface area contributed by atoms with Gasteiger partial charge in [-0.2, -0.15) is 0 Å². The van der Waals surface area contributed by atoms with E-state index in [0.717, 1.165) is 30.1 Å². The Hall–Kier alpha value is -1.62. The third-order valence-corrected chi connectivity index (χ3v) is 3.63. The molecule has 0 N–H and O–H groups in total. The summed E-state index contributed by atoms with van der Waals surface area (Å²) in [6, 6.07) is 3.88. The van der Waals surface area contributed by atoms with Crippen LogP contribution in [0.1, 0.15) is 17.8 Å². The van der Waals surface area contributed by atoms with E-state index in [9.17, 15) is 4.79 Å². The first-order valence-electron chi connectivity index (χ1n) is 6.91. The number of hydrogen-bond acceptors (Lipinski definition) is 4. The number of carbonyl (C=O) groups is 1. The highest BCUT2D eigenvalue weighted by Crippen LogP contribution is 2.25. The number of nitrogens with zero attached hydrogens (tertiary/aromatic N) is 2. The van der Waals surface area contributed by atoms with Gasteiger partial charge in [0, 0.05) is 32.3 Å². The molecule has 0 spiro atoms. The molecule has 1 aromatic rings. The van der Waals surface area contributed by atoms with Crippen molar-refractivity contribution in [3.05, 3.63) is 23.5 Å². The second-order valence-electron chi connectivity index (χ2n) is 5.21.